The zero-order valence-electron chi connectivity index (χ0n) is 13.8. The second kappa shape index (κ2) is 7.37. The molecule has 0 spiro atoms. The number of nitrogens with zero attached hydrogens (tertiary/aromatic N) is 1. The normalized spacial score (nSPS) is 20.2. The van der Waals surface area contributed by atoms with Gasteiger partial charge in [-0.05, 0) is 29.7 Å². The molecular weight excluding hydrogens is 347 g/mol. The topological polar surface area (TPSA) is 49.8 Å². The molecule has 1 N–H and O–H groups in total. The minimum atomic E-state index is -4.41. The number of ether oxygens (including phenoxy) is 1. The van der Waals surface area contributed by atoms with Crippen LogP contribution < -0.4 is 0 Å². The summed E-state index contributed by atoms with van der Waals surface area (Å²) < 4.78 is 43.4. The first-order chi connectivity index (χ1) is 12.3. The Kier molecular flexibility index (Phi) is 5.18. The van der Waals surface area contributed by atoms with Crippen molar-refractivity contribution in [2.45, 2.75) is 31.3 Å². The van der Waals surface area contributed by atoms with Crippen molar-refractivity contribution in [3.8, 4) is 0 Å². The lowest BCUT2D eigenvalue weighted by molar-refractivity contribution is -0.137. The number of β-amino-alcohol motifs (C(OH)–C–C–N with tert-alkyl or cyclic N) is 1. The van der Waals surface area contributed by atoms with E-state index in [2.05, 4.69) is 0 Å². The molecule has 0 bridgehead atoms. The van der Waals surface area contributed by atoms with Crippen LogP contribution >= 0.6 is 0 Å². The maximum Gasteiger partial charge on any atom is 0.416 e. The van der Waals surface area contributed by atoms with Gasteiger partial charge >= 0.3 is 12.3 Å². The van der Waals surface area contributed by atoms with Crippen molar-refractivity contribution < 1.29 is 27.8 Å². The zero-order chi connectivity index (χ0) is 18.7. The van der Waals surface area contributed by atoms with Crippen LogP contribution in [0.15, 0.2) is 54.6 Å². The Bertz CT molecular complexity index is 747. The molecule has 1 aliphatic heterocycles. The van der Waals surface area contributed by atoms with Gasteiger partial charge in [0.2, 0.25) is 0 Å². The van der Waals surface area contributed by atoms with Crippen LogP contribution in [-0.4, -0.2) is 28.7 Å². The summed E-state index contributed by atoms with van der Waals surface area (Å²) in [7, 11) is 0. The number of aliphatic hydroxyl groups is 1. The van der Waals surface area contributed by atoms with E-state index in [-0.39, 0.29) is 19.6 Å². The van der Waals surface area contributed by atoms with Gasteiger partial charge in [0.15, 0.2) is 0 Å². The molecule has 26 heavy (non-hydrogen) atoms. The van der Waals surface area contributed by atoms with Crippen LogP contribution in [0.25, 0.3) is 0 Å². The fourth-order valence-corrected chi connectivity index (χ4v) is 3.03. The summed E-state index contributed by atoms with van der Waals surface area (Å²) in [6.07, 6.45) is -5.50. The molecule has 1 heterocycles. The van der Waals surface area contributed by atoms with Crippen molar-refractivity contribution >= 4 is 6.09 Å². The molecule has 0 radical (unpaired) electrons. The van der Waals surface area contributed by atoms with E-state index in [9.17, 15) is 23.1 Å². The number of likely N-dealkylation sites (tertiary alicyclic amines) is 1. The van der Waals surface area contributed by atoms with Crippen molar-refractivity contribution in [3.63, 3.8) is 0 Å². The van der Waals surface area contributed by atoms with E-state index >= 15 is 0 Å². The lowest BCUT2D eigenvalue weighted by Crippen LogP contribution is -2.32. The molecule has 0 aliphatic carbocycles. The molecule has 7 heteroatoms. The highest BCUT2D eigenvalue weighted by Gasteiger charge is 2.37. The molecule has 1 aliphatic rings. The monoisotopic (exact) mass is 365 g/mol. The Labute approximate surface area is 148 Å². The second-order valence-corrected chi connectivity index (χ2v) is 6.22. The van der Waals surface area contributed by atoms with Gasteiger partial charge in [0, 0.05) is 0 Å². The third-order valence-electron chi connectivity index (χ3n) is 4.34. The molecular formula is C19H18F3NO3. The van der Waals surface area contributed by atoms with Crippen LogP contribution in [0.1, 0.15) is 29.2 Å². The van der Waals surface area contributed by atoms with Crippen molar-refractivity contribution in [3.05, 3.63) is 71.3 Å². The van der Waals surface area contributed by atoms with E-state index in [1.54, 1.807) is 0 Å². The van der Waals surface area contributed by atoms with Crippen LogP contribution in [0.2, 0.25) is 0 Å². The van der Waals surface area contributed by atoms with Crippen LogP contribution in [-0.2, 0) is 17.5 Å². The van der Waals surface area contributed by atoms with Crippen LogP contribution in [0.4, 0.5) is 18.0 Å². The summed E-state index contributed by atoms with van der Waals surface area (Å²) in [5.41, 5.74) is 0.607. The highest BCUT2D eigenvalue weighted by atomic mass is 19.4. The number of hydrogen-bond donors (Lipinski definition) is 1. The number of benzene rings is 2. The Hall–Kier alpha value is -2.54. The maximum absolute atomic E-state index is 12.7. The van der Waals surface area contributed by atoms with Gasteiger partial charge in [0.1, 0.15) is 6.61 Å². The van der Waals surface area contributed by atoms with Gasteiger partial charge in [-0.3, -0.25) is 4.90 Å². The van der Waals surface area contributed by atoms with E-state index < -0.39 is 30.0 Å². The van der Waals surface area contributed by atoms with Gasteiger partial charge in [-0.2, -0.15) is 13.2 Å². The molecule has 1 saturated heterocycles. The predicted molar refractivity (Wildman–Crippen MR) is 88.1 cm³/mol. The van der Waals surface area contributed by atoms with E-state index in [1.165, 1.54) is 17.0 Å². The van der Waals surface area contributed by atoms with Crippen molar-refractivity contribution in [1.82, 2.24) is 4.90 Å². The summed E-state index contributed by atoms with van der Waals surface area (Å²) in [6, 6.07) is 13.3. The van der Waals surface area contributed by atoms with Crippen molar-refractivity contribution in [1.29, 1.82) is 0 Å². The number of amides is 1. The molecule has 0 unspecified atom stereocenters. The Morgan fingerprint density at radius 1 is 1.12 bits per heavy atom. The number of carbonyl (C=O) groups excluding carboxylic acids is 1. The van der Waals surface area contributed by atoms with Crippen molar-refractivity contribution in [2.24, 2.45) is 0 Å². The molecule has 0 saturated carbocycles. The van der Waals surface area contributed by atoms with E-state index in [1.807, 2.05) is 30.3 Å². The SMILES string of the molecule is O=C(OCc1ccccc1)N1C[C@H](O)C[C@H]1c1ccc(C(F)(F)F)cc1. The molecule has 1 amide bonds. The molecule has 1 fully saturated rings. The van der Waals surface area contributed by atoms with Crippen LogP contribution in [0, 0.1) is 0 Å². The van der Waals surface area contributed by atoms with Gasteiger partial charge in [-0.15, -0.1) is 0 Å². The van der Waals surface area contributed by atoms with E-state index in [0.29, 0.717) is 5.56 Å². The number of alkyl halides is 3. The summed E-state index contributed by atoms with van der Waals surface area (Å²) >= 11 is 0. The first-order valence-corrected chi connectivity index (χ1v) is 8.17. The lowest BCUT2D eigenvalue weighted by Gasteiger charge is -2.24. The van der Waals surface area contributed by atoms with Gasteiger partial charge in [-0.1, -0.05) is 42.5 Å². The average Bonchev–Trinajstić information content (AvgIpc) is 3.02. The van der Waals surface area contributed by atoms with Crippen LogP contribution in [0.3, 0.4) is 0 Å². The van der Waals surface area contributed by atoms with E-state index in [4.69, 9.17) is 4.74 Å². The van der Waals surface area contributed by atoms with E-state index in [0.717, 1.165) is 17.7 Å². The number of halogens is 3. The fraction of sp³-hybridized carbons (Fsp3) is 0.316. The molecule has 2 atom stereocenters. The number of hydrogen-bond acceptors (Lipinski definition) is 3. The molecule has 0 aromatic heterocycles. The fourth-order valence-electron chi connectivity index (χ4n) is 3.03. The average molecular weight is 365 g/mol. The maximum atomic E-state index is 12.7. The summed E-state index contributed by atoms with van der Waals surface area (Å²) in [5.74, 6) is 0. The first kappa shape index (κ1) is 18.3. The van der Waals surface area contributed by atoms with Crippen molar-refractivity contribution in [2.75, 3.05) is 6.54 Å². The van der Waals surface area contributed by atoms with Gasteiger partial charge in [0.05, 0.1) is 24.3 Å². The smallest absolute Gasteiger partial charge is 0.416 e. The summed E-state index contributed by atoms with van der Waals surface area (Å²) in [4.78, 5) is 13.7. The summed E-state index contributed by atoms with van der Waals surface area (Å²) in [6.45, 7) is 0.172. The highest BCUT2D eigenvalue weighted by Crippen LogP contribution is 2.35. The Balaban J connectivity index is 1.71. The van der Waals surface area contributed by atoms with Crippen LogP contribution in [0.5, 0.6) is 0 Å². The second-order valence-electron chi connectivity index (χ2n) is 6.22. The largest absolute Gasteiger partial charge is 0.445 e. The minimum absolute atomic E-state index is 0.0827. The molecule has 138 valence electrons. The lowest BCUT2D eigenvalue weighted by atomic mass is 10.0. The third-order valence-corrected chi connectivity index (χ3v) is 4.34. The van der Waals surface area contributed by atoms with Gasteiger partial charge in [-0.25, -0.2) is 4.79 Å². The Morgan fingerprint density at radius 3 is 2.38 bits per heavy atom. The predicted octanol–water partition coefficient (Wildman–Crippen LogP) is 4.15. The molecule has 4 nitrogen and oxygen atoms in total. The quantitative estimate of drug-likeness (QED) is 0.889. The van der Waals surface area contributed by atoms with Gasteiger partial charge in [0.25, 0.3) is 0 Å². The number of aliphatic hydroxyl groups excluding tert-OH is 1. The first-order valence-electron chi connectivity index (χ1n) is 8.17. The summed E-state index contributed by atoms with van der Waals surface area (Å²) in [5, 5.41) is 9.92. The standard InChI is InChI=1S/C19H18F3NO3/c20-19(21,22)15-8-6-14(7-9-15)17-10-16(24)11-23(17)18(25)26-12-13-4-2-1-3-5-13/h1-9,16-17,24H,10-12H2/t16-,17+/m1/s1. The molecule has 2 aromatic rings. The highest BCUT2D eigenvalue weighted by molar-refractivity contribution is 5.69. The number of carbonyl (C=O) groups is 1. The zero-order valence-corrected chi connectivity index (χ0v) is 13.8. The third kappa shape index (κ3) is 4.16. The number of rotatable bonds is 3. The Morgan fingerprint density at radius 2 is 1.77 bits per heavy atom. The molecule has 2 aromatic carbocycles. The van der Waals surface area contributed by atoms with Gasteiger partial charge < -0.3 is 9.84 Å². The molecule has 3 rings (SSSR count). The minimum Gasteiger partial charge on any atom is -0.445 e.